The van der Waals surface area contributed by atoms with Crippen LogP contribution in [0.15, 0.2) is 29.3 Å². The zero-order valence-electron chi connectivity index (χ0n) is 9.50. The van der Waals surface area contributed by atoms with E-state index in [9.17, 15) is 13.2 Å². The fraction of sp³-hybridized carbons (Fsp3) is 0. The van der Waals surface area contributed by atoms with Gasteiger partial charge in [0.05, 0.1) is 9.90 Å². The predicted molar refractivity (Wildman–Crippen MR) is 76.3 cm³/mol. The number of rotatable bonds is 4. The van der Waals surface area contributed by atoms with Crippen molar-refractivity contribution in [3.05, 3.63) is 38.6 Å². The molecule has 2 N–H and O–H groups in total. The lowest BCUT2D eigenvalue weighted by atomic mass is 10.3. The largest absolute Gasteiger partial charge is 0.478 e. The average Bonchev–Trinajstić information content (AvgIpc) is 2.69. The summed E-state index contributed by atoms with van der Waals surface area (Å²) >= 11 is 12.4. The molecule has 6 nitrogen and oxygen atoms in total. The molecule has 0 bridgehead atoms. The van der Waals surface area contributed by atoms with E-state index < -0.39 is 16.0 Å². The molecule has 0 aliphatic rings. The van der Waals surface area contributed by atoms with E-state index in [2.05, 4.69) is 9.71 Å². The van der Waals surface area contributed by atoms with Crippen LogP contribution in [0.4, 0.5) is 5.82 Å². The van der Waals surface area contributed by atoms with E-state index in [4.69, 9.17) is 28.3 Å². The first kappa shape index (κ1) is 15.0. The van der Waals surface area contributed by atoms with Crippen LogP contribution in [0.5, 0.6) is 0 Å². The molecule has 2 rings (SSSR count). The minimum Gasteiger partial charge on any atom is -0.478 e. The van der Waals surface area contributed by atoms with Gasteiger partial charge in [-0.05, 0) is 18.2 Å². The number of carboxylic acid groups (broad SMARTS) is 1. The first-order valence-corrected chi connectivity index (χ1v) is 8.02. The van der Waals surface area contributed by atoms with Gasteiger partial charge in [0.1, 0.15) is 15.0 Å². The maximum atomic E-state index is 12.1. The molecule has 0 amide bonds. The number of hydrogen-bond donors (Lipinski definition) is 2. The number of nitrogens with zero attached hydrogens (tertiary/aromatic N) is 1. The normalized spacial score (nSPS) is 11.3. The minimum atomic E-state index is -3.98. The van der Waals surface area contributed by atoms with Crippen molar-refractivity contribution >= 4 is 56.3 Å². The van der Waals surface area contributed by atoms with Crippen molar-refractivity contribution < 1.29 is 18.3 Å². The Bertz CT molecular complexity index is 773. The van der Waals surface area contributed by atoms with Crippen molar-refractivity contribution in [1.29, 1.82) is 0 Å². The SMILES string of the molecule is O=C(O)c1ccnc(NS(=O)(=O)c2cc(Cl)sc2Cl)c1. The summed E-state index contributed by atoms with van der Waals surface area (Å²) in [6, 6.07) is 3.55. The van der Waals surface area contributed by atoms with Gasteiger partial charge in [-0.3, -0.25) is 4.72 Å². The number of sulfonamides is 1. The molecule has 20 heavy (non-hydrogen) atoms. The topological polar surface area (TPSA) is 96.4 Å². The first-order valence-electron chi connectivity index (χ1n) is 4.96. The van der Waals surface area contributed by atoms with Gasteiger partial charge in [0.15, 0.2) is 0 Å². The Labute approximate surface area is 128 Å². The van der Waals surface area contributed by atoms with Crippen LogP contribution in [0.1, 0.15) is 10.4 Å². The van der Waals surface area contributed by atoms with Crippen LogP contribution in [-0.2, 0) is 10.0 Å². The Morgan fingerprint density at radius 1 is 1.35 bits per heavy atom. The van der Waals surface area contributed by atoms with Gasteiger partial charge in [-0.15, -0.1) is 11.3 Å². The number of hydrogen-bond acceptors (Lipinski definition) is 5. The van der Waals surface area contributed by atoms with Gasteiger partial charge >= 0.3 is 5.97 Å². The highest BCUT2D eigenvalue weighted by molar-refractivity contribution is 7.93. The summed E-state index contributed by atoms with van der Waals surface area (Å²) in [7, 11) is -3.98. The number of halogens is 2. The van der Waals surface area contributed by atoms with Gasteiger partial charge in [0, 0.05) is 6.20 Å². The van der Waals surface area contributed by atoms with E-state index in [0.29, 0.717) is 0 Å². The highest BCUT2D eigenvalue weighted by Gasteiger charge is 2.21. The van der Waals surface area contributed by atoms with E-state index in [1.54, 1.807) is 0 Å². The van der Waals surface area contributed by atoms with Crippen molar-refractivity contribution in [2.24, 2.45) is 0 Å². The van der Waals surface area contributed by atoms with Crippen LogP contribution in [0.3, 0.4) is 0 Å². The third kappa shape index (κ3) is 3.21. The van der Waals surface area contributed by atoms with Gasteiger partial charge < -0.3 is 5.11 Å². The molecular weight excluding hydrogens is 347 g/mol. The molecule has 2 aromatic heterocycles. The van der Waals surface area contributed by atoms with Gasteiger partial charge in [-0.1, -0.05) is 23.2 Å². The van der Waals surface area contributed by atoms with E-state index in [1.165, 1.54) is 18.3 Å². The highest BCUT2D eigenvalue weighted by Crippen LogP contribution is 2.34. The summed E-state index contributed by atoms with van der Waals surface area (Å²) in [5, 5.41) is 8.83. The Balaban J connectivity index is 2.36. The van der Waals surface area contributed by atoms with Crippen LogP contribution >= 0.6 is 34.5 Å². The second kappa shape index (κ2) is 5.57. The van der Waals surface area contributed by atoms with Gasteiger partial charge in [-0.25, -0.2) is 18.2 Å². The molecule has 0 unspecified atom stereocenters. The molecule has 0 radical (unpaired) electrons. The minimum absolute atomic E-state index is 0.0110. The molecular formula is C10H6Cl2N2O4S2. The smallest absolute Gasteiger partial charge is 0.335 e. The third-order valence-electron chi connectivity index (χ3n) is 2.16. The van der Waals surface area contributed by atoms with Crippen molar-refractivity contribution in [3.63, 3.8) is 0 Å². The second-order valence-corrected chi connectivity index (χ2v) is 7.47. The maximum Gasteiger partial charge on any atom is 0.335 e. The quantitative estimate of drug-likeness (QED) is 0.881. The van der Waals surface area contributed by atoms with Crippen LogP contribution in [0.25, 0.3) is 0 Å². The lowest BCUT2D eigenvalue weighted by molar-refractivity contribution is 0.0697. The summed E-state index contributed by atoms with van der Waals surface area (Å²) < 4.78 is 26.5. The zero-order valence-corrected chi connectivity index (χ0v) is 12.6. The summed E-state index contributed by atoms with van der Waals surface area (Å²) in [5.41, 5.74) is -0.0906. The van der Waals surface area contributed by atoms with Crippen molar-refractivity contribution in [2.45, 2.75) is 4.90 Å². The van der Waals surface area contributed by atoms with Crippen LogP contribution in [0.2, 0.25) is 8.67 Å². The van der Waals surface area contributed by atoms with Crippen LogP contribution in [-0.4, -0.2) is 24.5 Å². The fourth-order valence-corrected chi connectivity index (χ4v) is 4.47. The third-order valence-corrected chi connectivity index (χ3v) is 5.27. The molecule has 0 atom stereocenters. The number of aromatic nitrogens is 1. The number of nitrogens with one attached hydrogen (secondary N) is 1. The van der Waals surface area contributed by atoms with E-state index >= 15 is 0 Å². The van der Waals surface area contributed by atoms with Crippen LogP contribution < -0.4 is 4.72 Å². The molecule has 106 valence electrons. The predicted octanol–water partition coefficient (Wildman–Crippen LogP) is 2.95. The van der Waals surface area contributed by atoms with Gasteiger partial charge in [-0.2, -0.15) is 0 Å². The number of aromatic carboxylic acids is 1. The van der Waals surface area contributed by atoms with Crippen molar-refractivity contribution in [3.8, 4) is 0 Å². The number of thiophene rings is 1. The first-order chi connectivity index (χ1) is 9.29. The molecule has 0 saturated carbocycles. The molecule has 2 aromatic rings. The lowest BCUT2D eigenvalue weighted by Gasteiger charge is -2.06. The second-order valence-electron chi connectivity index (χ2n) is 3.53. The monoisotopic (exact) mass is 352 g/mol. The highest BCUT2D eigenvalue weighted by atomic mass is 35.5. The lowest BCUT2D eigenvalue weighted by Crippen LogP contribution is -2.14. The van der Waals surface area contributed by atoms with E-state index in [0.717, 1.165) is 17.4 Å². The zero-order chi connectivity index (χ0) is 14.9. The number of carbonyl (C=O) groups is 1. The summed E-state index contributed by atoms with van der Waals surface area (Å²) in [6.07, 6.45) is 1.18. The van der Waals surface area contributed by atoms with Crippen molar-refractivity contribution in [2.75, 3.05) is 4.72 Å². The van der Waals surface area contributed by atoms with Gasteiger partial charge in [0.2, 0.25) is 0 Å². The van der Waals surface area contributed by atoms with Gasteiger partial charge in [0.25, 0.3) is 10.0 Å². The fourth-order valence-electron chi connectivity index (χ4n) is 1.32. The molecule has 0 aliphatic heterocycles. The molecule has 0 aromatic carbocycles. The summed E-state index contributed by atoms with van der Waals surface area (Å²) in [6.45, 7) is 0. The Morgan fingerprint density at radius 3 is 2.60 bits per heavy atom. The van der Waals surface area contributed by atoms with Crippen LogP contribution in [0, 0.1) is 0 Å². The Hall–Kier alpha value is -1.35. The molecule has 0 spiro atoms. The molecule has 2 heterocycles. The van der Waals surface area contributed by atoms with E-state index in [1.807, 2.05) is 0 Å². The van der Waals surface area contributed by atoms with Crippen molar-refractivity contribution in [1.82, 2.24) is 4.98 Å². The maximum absolute atomic E-state index is 12.1. The Kier molecular flexibility index (Phi) is 4.19. The molecule has 0 aliphatic carbocycles. The summed E-state index contributed by atoms with van der Waals surface area (Å²) in [5.74, 6) is -1.31. The standard InChI is InChI=1S/C10H6Cl2N2O4S2/c11-7-4-6(9(12)19-7)20(17,18)14-8-3-5(10(15)16)1-2-13-8/h1-4H,(H,13,14)(H,15,16). The number of anilines is 1. The molecule has 0 fully saturated rings. The molecule has 10 heteroatoms. The average molecular weight is 353 g/mol. The summed E-state index contributed by atoms with van der Waals surface area (Å²) in [4.78, 5) is 14.4. The molecule has 0 saturated heterocycles. The van der Waals surface area contributed by atoms with E-state index in [-0.39, 0.29) is 24.9 Å². The number of pyridine rings is 1. The number of carboxylic acids is 1. The Morgan fingerprint density at radius 2 is 2.05 bits per heavy atom.